The highest BCUT2D eigenvalue weighted by atomic mass is 79.9. The second-order valence-electron chi connectivity index (χ2n) is 3.44. The first-order valence-corrected chi connectivity index (χ1v) is 5.78. The van der Waals surface area contributed by atoms with Gasteiger partial charge in [-0.1, -0.05) is 6.07 Å². The molecule has 0 aliphatic rings. The lowest BCUT2D eigenvalue weighted by Crippen LogP contribution is -2.28. The lowest BCUT2D eigenvalue weighted by atomic mass is 10.2. The molecule has 0 amide bonds. The summed E-state index contributed by atoms with van der Waals surface area (Å²) in [7, 11) is 1.62. The van der Waals surface area contributed by atoms with Gasteiger partial charge in [-0.25, -0.2) is 0 Å². The van der Waals surface area contributed by atoms with Crippen molar-refractivity contribution in [2.45, 2.75) is 12.6 Å². The van der Waals surface area contributed by atoms with Gasteiger partial charge in [-0.05, 0) is 33.6 Å². The summed E-state index contributed by atoms with van der Waals surface area (Å²) in [6, 6.07) is 5.78. The Bertz CT molecular complexity index is 333. The second-order valence-corrected chi connectivity index (χ2v) is 4.29. The van der Waals surface area contributed by atoms with E-state index in [-0.39, 0.29) is 6.61 Å². The minimum atomic E-state index is -0.707. The maximum atomic E-state index is 9.13. The quantitative estimate of drug-likeness (QED) is 0.728. The van der Waals surface area contributed by atoms with Crippen LogP contribution in [0, 0.1) is 0 Å². The molecule has 90 valence electrons. The van der Waals surface area contributed by atoms with Gasteiger partial charge in [0, 0.05) is 13.1 Å². The molecule has 5 heteroatoms. The van der Waals surface area contributed by atoms with Crippen molar-refractivity contribution in [2.24, 2.45) is 0 Å². The maximum Gasteiger partial charge on any atom is 0.133 e. The Kier molecular flexibility index (Phi) is 5.76. The van der Waals surface area contributed by atoms with Crippen molar-refractivity contribution in [2.75, 3.05) is 20.3 Å². The number of aliphatic hydroxyl groups is 2. The van der Waals surface area contributed by atoms with Gasteiger partial charge < -0.3 is 20.3 Å². The molecule has 1 unspecified atom stereocenters. The number of ether oxygens (including phenoxy) is 1. The van der Waals surface area contributed by atoms with Crippen molar-refractivity contribution in [3.05, 3.63) is 28.2 Å². The van der Waals surface area contributed by atoms with Crippen molar-refractivity contribution in [3.63, 3.8) is 0 Å². The van der Waals surface area contributed by atoms with Crippen LogP contribution in [0.5, 0.6) is 5.75 Å². The smallest absolute Gasteiger partial charge is 0.133 e. The van der Waals surface area contributed by atoms with Crippen LogP contribution in [-0.2, 0) is 6.54 Å². The molecular formula is C11H16BrNO3. The molecule has 0 bridgehead atoms. The zero-order valence-corrected chi connectivity index (χ0v) is 10.7. The maximum absolute atomic E-state index is 9.13. The van der Waals surface area contributed by atoms with E-state index in [2.05, 4.69) is 21.2 Å². The van der Waals surface area contributed by atoms with Gasteiger partial charge in [0.15, 0.2) is 0 Å². The number of hydrogen-bond acceptors (Lipinski definition) is 4. The molecule has 0 spiro atoms. The highest BCUT2D eigenvalue weighted by Gasteiger charge is 2.03. The van der Waals surface area contributed by atoms with Gasteiger partial charge in [-0.15, -0.1) is 0 Å². The largest absolute Gasteiger partial charge is 0.496 e. The number of benzene rings is 1. The Morgan fingerprint density at radius 1 is 1.50 bits per heavy atom. The number of rotatable bonds is 6. The molecule has 0 aliphatic heterocycles. The molecular weight excluding hydrogens is 274 g/mol. The molecule has 16 heavy (non-hydrogen) atoms. The van der Waals surface area contributed by atoms with Crippen molar-refractivity contribution in [1.29, 1.82) is 0 Å². The van der Waals surface area contributed by atoms with E-state index in [1.165, 1.54) is 0 Å². The predicted octanol–water partition coefficient (Wildman–Crippen LogP) is 0.901. The van der Waals surface area contributed by atoms with E-state index in [1.807, 2.05) is 18.2 Å². The van der Waals surface area contributed by atoms with E-state index < -0.39 is 6.10 Å². The van der Waals surface area contributed by atoms with E-state index in [9.17, 15) is 0 Å². The van der Waals surface area contributed by atoms with Crippen LogP contribution in [0.3, 0.4) is 0 Å². The third kappa shape index (κ3) is 4.09. The van der Waals surface area contributed by atoms with Crippen molar-refractivity contribution >= 4 is 15.9 Å². The summed E-state index contributed by atoms with van der Waals surface area (Å²) in [5, 5.41) is 20.8. The molecule has 3 N–H and O–H groups in total. The standard InChI is InChI=1S/C11H16BrNO3/c1-16-11-3-2-8(4-10(11)12)5-13-6-9(15)7-14/h2-4,9,13-15H,5-7H2,1H3. The SMILES string of the molecule is COc1ccc(CNCC(O)CO)cc1Br. The van der Waals surface area contributed by atoms with Crippen LogP contribution < -0.4 is 10.1 Å². The third-order valence-corrected chi connectivity index (χ3v) is 2.76. The minimum Gasteiger partial charge on any atom is -0.496 e. The van der Waals surface area contributed by atoms with Gasteiger partial charge in [0.25, 0.3) is 0 Å². The van der Waals surface area contributed by atoms with Crippen LogP contribution in [0.2, 0.25) is 0 Å². The molecule has 0 aliphatic carbocycles. The summed E-state index contributed by atoms with van der Waals surface area (Å²) in [4.78, 5) is 0. The summed E-state index contributed by atoms with van der Waals surface area (Å²) >= 11 is 3.40. The van der Waals surface area contributed by atoms with Crippen LogP contribution >= 0.6 is 15.9 Å². The molecule has 1 aromatic rings. The first kappa shape index (κ1) is 13.4. The molecule has 0 fully saturated rings. The number of methoxy groups -OCH3 is 1. The van der Waals surface area contributed by atoms with E-state index in [1.54, 1.807) is 7.11 Å². The van der Waals surface area contributed by atoms with E-state index in [0.717, 1.165) is 15.8 Å². The predicted molar refractivity (Wildman–Crippen MR) is 65.5 cm³/mol. The van der Waals surface area contributed by atoms with Gasteiger partial charge in [0.1, 0.15) is 5.75 Å². The zero-order valence-electron chi connectivity index (χ0n) is 9.11. The molecule has 0 saturated heterocycles. The number of hydrogen-bond donors (Lipinski definition) is 3. The van der Waals surface area contributed by atoms with E-state index >= 15 is 0 Å². The molecule has 0 radical (unpaired) electrons. The normalized spacial score (nSPS) is 12.5. The Morgan fingerprint density at radius 2 is 2.25 bits per heavy atom. The number of nitrogens with one attached hydrogen (secondary N) is 1. The van der Waals surface area contributed by atoms with Crippen LogP contribution in [0.25, 0.3) is 0 Å². The van der Waals surface area contributed by atoms with E-state index in [4.69, 9.17) is 14.9 Å². The highest BCUT2D eigenvalue weighted by molar-refractivity contribution is 9.10. The topological polar surface area (TPSA) is 61.7 Å². The molecule has 1 atom stereocenters. The van der Waals surface area contributed by atoms with Crippen molar-refractivity contribution in [1.82, 2.24) is 5.32 Å². The van der Waals surface area contributed by atoms with Gasteiger partial charge in [0.05, 0.1) is 24.3 Å². The lowest BCUT2D eigenvalue weighted by molar-refractivity contribution is 0.0942. The Balaban J connectivity index is 2.46. The summed E-state index contributed by atoms with van der Waals surface area (Å²) in [6.07, 6.45) is -0.707. The number of aliphatic hydroxyl groups excluding tert-OH is 2. The van der Waals surface area contributed by atoms with Gasteiger partial charge in [-0.3, -0.25) is 0 Å². The first-order chi connectivity index (χ1) is 7.67. The van der Waals surface area contributed by atoms with Crippen LogP contribution in [-0.4, -0.2) is 36.6 Å². The monoisotopic (exact) mass is 289 g/mol. The molecule has 0 aromatic heterocycles. The van der Waals surface area contributed by atoms with Gasteiger partial charge in [-0.2, -0.15) is 0 Å². The third-order valence-electron chi connectivity index (χ3n) is 2.14. The molecule has 1 rings (SSSR count). The average molecular weight is 290 g/mol. The molecule has 0 saturated carbocycles. The van der Waals surface area contributed by atoms with Gasteiger partial charge >= 0.3 is 0 Å². The number of halogens is 1. The van der Waals surface area contributed by atoms with Crippen molar-refractivity contribution in [3.8, 4) is 5.75 Å². The molecule has 1 aromatic carbocycles. The van der Waals surface area contributed by atoms with Gasteiger partial charge in [0.2, 0.25) is 0 Å². The Labute approximate surface area is 103 Å². The van der Waals surface area contributed by atoms with Crippen LogP contribution in [0.1, 0.15) is 5.56 Å². The summed E-state index contributed by atoms with van der Waals surface area (Å²) in [6.45, 7) is 0.791. The molecule has 0 heterocycles. The minimum absolute atomic E-state index is 0.223. The fourth-order valence-corrected chi connectivity index (χ4v) is 1.86. The zero-order chi connectivity index (χ0) is 12.0. The summed E-state index contributed by atoms with van der Waals surface area (Å²) < 4.78 is 6.02. The first-order valence-electron chi connectivity index (χ1n) is 4.99. The van der Waals surface area contributed by atoms with Crippen LogP contribution in [0.15, 0.2) is 22.7 Å². The molecule has 4 nitrogen and oxygen atoms in total. The fraction of sp³-hybridized carbons (Fsp3) is 0.455. The lowest BCUT2D eigenvalue weighted by Gasteiger charge is -2.10. The van der Waals surface area contributed by atoms with Crippen molar-refractivity contribution < 1.29 is 14.9 Å². The Morgan fingerprint density at radius 3 is 2.81 bits per heavy atom. The van der Waals surface area contributed by atoms with Crippen LogP contribution in [0.4, 0.5) is 0 Å². The summed E-state index contributed by atoms with van der Waals surface area (Å²) in [5.41, 5.74) is 1.08. The fourth-order valence-electron chi connectivity index (χ4n) is 1.27. The second kappa shape index (κ2) is 6.85. The summed E-state index contributed by atoms with van der Waals surface area (Å²) in [5.74, 6) is 0.791. The van der Waals surface area contributed by atoms with E-state index in [0.29, 0.717) is 13.1 Å². The highest BCUT2D eigenvalue weighted by Crippen LogP contribution is 2.25. The Hall–Kier alpha value is -0.620. The average Bonchev–Trinajstić information content (AvgIpc) is 2.29.